The summed E-state index contributed by atoms with van der Waals surface area (Å²) >= 11 is 0. The molecule has 1 aliphatic heterocycles. The van der Waals surface area contributed by atoms with Crippen molar-refractivity contribution in [1.82, 2.24) is 19.1 Å². The molecule has 8 nitrogen and oxygen atoms in total. The lowest BCUT2D eigenvalue weighted by Gasteiger charge is -2.35. The predicted molar refractivity (Wildman–Crippen MR) is 85.7 cm³/mol. The van der Waals surface area contributed by atoms with E-state index < -0.39 is 10.0 Å². The SMILES string of the molecule is CNS(=O)(=O)c1cc(C(=O)N2CCN(CC(C)O)CC2)n(C)c1. The first-order valence-corrected chi connectivity index (χ1v) is 9.02. The monoisotopic (exact) mass is 344 g/mol. The van der Waals surface area contributed by atoms with Gasteiger partial charge in [0.25, 0.3) is 5.91 Å². The molecule has 2 rings (SSSR count). The van der Waals surface area contributed by atoms with Crippen LogP contribution < -0.4 is 4.72 Å². The maximum absolute atomic E-state index is 12.6. The Labute approximate surface area is 136 Å². The molecule has 0 bridgehead atoms. The van der Waals surface area contributed by atoms with Crippen LogP contribution in [0.15, 0.2) is 17.2 Å². The Bertz CT molecular complexity index is 660. The summed E-state index contributed by atoms with van der Waals surface area (Å²) in [5.41, 5.74) is 0.350. The second kappa shape index (κ2) is 7.00. The van der Waals surface area contributed by atoms with Gasteiger partial charge in [0.2, 0.25) is 10.0 Å². The summed E-state index contributed by atoms with van der Waals surface area (Å²) in [5, 5.41) is 9.41. The second-order valence-electron chi connectivity index (χ2n) is 5.82. The summed E-state index contributed by atoms with van der Waals surface area (Å²) in [4.78, 5) is 16.5. The number of nitrogens with one attached hydrogen (secondary N) is 1. The summed E-state index contributed by atoms with van der Waals surface area (Å²) in [7, 11) is -0.567. The summed E-state index contributed by atoms with van der Waals surface area (Å²) in [6.07, 6.45) is 1.04. The van der Waals surface area contributed by atoms with Crippen molar-refractivity contribution < 1.29 is 18.3 Å². The standard InChI is InChI=1S/C14H24N4O4S/c1-11(19)9-17-4-6-18(7-5-17)14(20)13-8-12(10-16(13)3)23(21,22)15-2/h8,10-11,15,19H,4-7,9H2,1-3H3. The predicted octanol–water partition coefficient (Wildman–Crippen LogP) is -0.928. The smallest absolute Gasteiger partial charge is 0.270 e. The van der Waals surface area contributed by atoms with Crippen molar-refractivity contribution in [2.24, 2.45) is 7.05 Å². The number of aryl methyl sites for hydroxylation is 1. The van der Waals surface area contributed by atoms with Crippen LogP contribution in [-0.2, 0) is 17.1 Å². The number of carbonyl (C=O) groups excluding carboxylic acids is 1. The van der Waals surface area contributed by atoms with E-state index in [1.165, 1.54) is 23.9 Å². The second-order valence-corrected chi connectivity index (χ2v) is 7.71. The molecule has 9 heteroatoms. The summed E-state index contributed by atoms with van der Waals surface area (Å²) in [6, 6.07) is 1.40. The lowest BCUT2D eigenvalue weighted by molar-refractivity contribution is 0.0546. The van der Waals surface area contributed by atoms with Crippen LogP contribution in [0.3, 0.4) is 0 Å². The Kier molecular flexibility index (Phi) is 5.45. The number of piperazine rings is 1. The van der Waals surface area contributed by atoms with Crippen molar-refractivity contribution in [3.63, 3.8) is 0 Å². The first kappa shape index (κ1) is 17.9. The van der Waals surface area contributed by atoms with E-state index in [2.05, 4.69) is 9.62 Å². The van der Waals surface area contributed by atoms with E-state index in [9.17, 15) is 18.3 Å². The Morgan fingerprint density at radius 1 is 1.35 bits per heavy atom. The highest BCUT2D eigenvalue weighted by Gasteiger charge is 2.26. The number of aliphatic hydroxyl groups excluding tert-OH is 1. The minimum Gasteiger partial charge on any atom is -0.392 e. The third-order valence-corrected chi connectivity index (χ3v) is 5.34. The first-order valence-electron chi connectivity index (χ1n) is 7.54. The van der Waals surface area contributed by atoms with Gasteiger partial charge in [0.15, 0.2) is 0 Å². The van der Waals surface area contributed by atoms with E-state index in [0.717, 1.165) is 0 Å². The number of aromatic nitrogens is 1. The number of aliphatic hydroxyl groups is 1. The van der Waals surface area contributed by atoms with Crippen molar-refractivity contribution in [3.05, 3.63) is 18.0 Å². The molecule has 0 spiro atoms. The van der Waals surface area contributed by atoms with Crippen LogP contribution in [-0.4, -0.2) is 79.7 Å². The molecule has 2 heterocycles. The summed E-state index contributed by atoms with van der Waals surface area (Å²) in [6.45, 7) is 4.85. The van der Waals surface area contributed by atoms with Crippen LogP contribution in [0.4, 0.5) is 0 Å². The van der Waals surface area contributed by atoms with Gasteiger partial charge in [0, 0.05) is 46.0 Å². The topological polar surface area (TPSA) is 94.9 Å². The van der Waals surface area contributed by atoms with Crippen molar-refractivity contribution >= 4 is 15.9 Å². The highest BCUT2D eigenvalue weighted by atomic mass is 32.2. The van der Waals surface area contributed by atoms with Crippen molar-refractivity contribution in [1.29, 1.82) is 0 Å². The average molecular weight is 344 g/mol. The fraction of sp³-hybridized carbons (Fsp3) is 0.643. The number of carbonyl (C=O) groups is 1. The van der Waals surface area contributed by atoms with Crippen LogP contribution in [0.25, 0.3) is 0 Å². The maximum atomic E-state index is 12.6. The highest BCUT2D eigenvalue weighted by molar-refractivity contribution is 7.89. The van der Waals surface area contributed by atoms with Crippen molar-refractivity contribution in [3.8, 4) is 0 Å². The number of rotatable bonds is 5. The fourth-order valence-electron chi connectivity index (χ4n) is 2.68. The molecule has 1 atom stereocenters. The molecule has 1 fully saturated rings. The first-order chi connectivity index (χ1) is 10.7. The number of amides is 1. The van der Waals surface area contributed by atoms with E-state index >= 15 is 0 Å². The Morgan fingerprint density at radius 2 is 1.96 bits per heavy atom. The number of hydrogen-bond donors (Lipinski definition) is 2. The minimum absolute atomic E-state index is 0.0820. The number of nitrogens with zero attached hydrogens (tertiary/aromatic N) is 3. The average Bonchev–Trinajstić information content (AvgIpc) is 2.89. The molecule has 0 radical (unpaired) electrons. The van der Waals surface area contributed by atoms with E-state index in [4.69, 9.17) is 0 Å². The van der Waals surface area contributed by atoms with E-state index in [1.807, 2.05) is 0 Å². The van der Waals surface area contributed by atoms with E-state index in [1.54, 1.807) is 18.9 Å². The van der Waals surface area contributed by atoms with Crippen LogP contribution in [0.5, 0.6) is 0 Å². The normalized spacial score (nSPS) is 18.2. The molecule has 1 aromatic heterocycles. The largest absolute Gasteiger partial charge is 0.392 e. The zero-order chi connectivity index (χ0) is 17.2. The molecule has 0 aromatic carbocycles. The van der Waals surface area contributed by atoms with Crippen molar-refractivity contribution in [2.75, 3.05) is 39.8 Å². The molecular weight excluding hydrogens is 320 g/mol. The summed E-state index contributed by atoms with van der Waals surface area (Å²) in [5.74, 6) is -0.179. The molecule has 1 aromatic rings. The van der Waals surface area contributed by atoms with Crippen LogP contribution in [0.1, 0.15) is 17.4 Å². The minimum atomic E-state index is -3.56. The van der Waals surface area contributed by atoms with Gasteiger partial charge in [-0.1, -0.05) is 0 Å². The lowest BCUT2D eigenvalue weighted by atomic mass is 10.2. The van der Waals surface area contributed by atoms with Gasteiger partial charge in [0.05, 0.1) is 6.10 Å². The molecule has 0 saturated carbocycles. The quantitative estimate of drug-likeness (QED) is 0.720. The Balaban J connectivity index is 2.08. The zero-order valence-corrected chi connectivity index (χ0v) is 14.5. The van der Waals surface area contributed by atoms with Gasteiger partial charge < -0.3 is 14.6 Å². The third kappa shape index (κ3) is 4.11. The molecular formula is C14H24N4O4S. The maximum Gasteiger partial charge on any atom is 0.270 e. The highest BCUT2D eigenvalue weighted by Crippen LogP contribution is 2.16. The van der Waals surface area contributed by atoms with Crippen molar-refractivity contribution in [2.45, 2.75) is 17.9 Å². The number of β-amino-alcohol motifs (C(OH)–C–C–N with tert-alkyl or cyclic N) is 1. The summed E-state index contributed by atoms with van der Waals surface area (Å²) < 4.78 is 27.4. The fourth-order valence-corrected chi connectivity index (χ4v) is 3.48. The Morgan fingerprint density at radius 3 is 2.48 bits per heavy atom. The van der Waals surface area contributed by atoms with E-state index in [-0.39, 0.29) is 16.9 Å². The lowest BCUT2D eigenvalue weighted by Crippen LogP contribution is -2.50. The molecule has 2 N–H and O–H groups in total. The van der Waals surface area contributed by atoms with Gasteiger partial charge in [-0.25, -0.2) is 13.1 Å². The third-order valence-electron chi connectivity index (χ3n) is 3.96. The molecule has 0 aliphatic carbocycles. The number of sulfonamides is 1. The van der Waals surface area contributed by atoms with Gasteiger partial charge >= 0.3 is 0 Å². The van der Waals surface area contributed by atoms with Gasteiger partial charge in [-0.2, -0.15) is 0 Å². The molecule has 1 aliphatic rings. The van der Waals surface area contributed by atoms with Crippen LogP contribution in [0.2, 0.25) is 0 Å². The molecule has 130 valence electrons. The van der Waals surface area contributed by atoms with Gasteiger partial charge in [-0.3, -0.25) is 9.69 Å². The number of hydrogen-bond acceptors (Lipinski definition) is 5. The van der Waals surface area contributed by atoms with Crippen LogP contribution in [0, 0.1) is 0 Å². The van der Waals surface area contributed by atoms with Crippen LogP contribution >= 0.6 is 0 Å². The molecule has 1 saturated heterocycles. The van der Waals surface area contributed by atoms with E-state index in [0.29, 0.717) is 38.4 Å². The Hall–Kier alpha value is -1.42. The zero-order valence-electron chi connectivity index (χ0n) is 13.7. The molecule has 23 heavy (non-hydrogen) atoms. The molecule has 1 unspecified atom stereocenters. The molecule has 1 amide bonds. The van der Waals surface area contributed by atoms with Gasteiger partial charge in [0.1, 0.15) is 10.6 Å². The van der Waals surface area contributed by atoms with Gasteiger partial charge in [-0.05, 0) is 20.0 Å². The van der Waals surface area contributed by atoms with Gasteiger partial charge in [-0.15, -0.1) is 0 Å².